The number of benzene rings is 2. The third kappa shape index (κ3) is 4.99. The van der Waals surface area contributed by atoms with Gasteiger partial charge in [0.25, 0.3) is 5.91 Å². The summed E-state index contributed by atoms with van der Waals surface area (Å²) in [6, 6.07) is 10.4. The van der Waals surface area contributed by atoms with E-state index < -0.39 is 0 Å². The van der Waals surface area contributed by atoms with Crippen molar-refractivity contribution in [3.8, 4) is 11.5 Å². The van der Waals surface area contributed by atoms with Crippen LogP contribution in [0.3, 0.4) is 0 Å². The largest absolute Gasteiger partial charge is 0.497 e. The molecule has 33 heavy (non-hydrogen) atoms. The van der Waals surface area contributed by atoms with E-state index >= 15 is 0 Å². The van der Waals surface area contributed by atoms with Crippen LogP contribution in [0.2, 0.25) is 5.02 Å². The standard InChI is InChI=1S/C25H27ClN2O5/c1-4-16-11-23-21(14-22(16)26)18(12-24(29)33-23)15-27-5-7-28(8-6-27)25(30)17-9-19(31-2)13-20(10-17)32-3/h9-14H,4-8,15H2,1-3H3. The molecule has 2 aromatic carbocycles. The molecule has 0 spiro atoms. The molecule has 7 nitrogen and oxygen atoms in total. The van der Waals surface area contributed by atoms with Gasteiger partial charge < -0.3 is 18.8 Å². The van der Waals surface area contributed by atoms with Crippen molar-refractivity contribution in [3.05, 3.63) is 68.5 Å². The van der Waals surface area contributed by atoms with Gasteiger partial charge in [-0.1, -0.05) is 18.5 Å². The minimum atomic E-state index is -0.373. The van der Waals surface area contributed by atoms with E-state index in [-0.39, 0.29) is 11.5 Å². The highest BCUT2D eigenvalue weighted by molar-refractivity contribution is 6.32. The molecule has 0 atom stereocenters. The van der Waals surface area contributed by atoms with Gasteiger partial charge in [0, 0.05) is 60.8 Å². The number of nitrogens with zero attached hydrogens (tertiary/aromatic N) is 2. The van der Waals surface area contributed by atoms with Crippen LogP contribution in [0.5, 0.6) is 11.5 Å². The molecular weight excluding hydrogens is 444 g/mol. The van der Waals surface area contributed by atoms with Gasteiger partial charge in [-0.3, -0.25) is 9.69 Å². The molecule has 4 rings (SSSR count). The zero-order valence-corrected chi connectivity index (χ0v) is 19.8. The van der Waals surface area contributed by atoms with E-state index in [0.29, 0.717) is 60.4 Å². The molecule has 1 aromatic heterocycles. The lowest BCUT2D eigenvalue weighted by Gasteiger charge is -2.35. The molecule has 1 aliphatic heterocycles. The zero-order valence-electron chi connectivity index (χ0n) is 19.0. The first-order chi connectivity index (χ1) is 15.9. The topological polar surface area (TPSA) is 72.2 Å². The Balaban J connectivity index is 1.48. The molecule has 1 amide bonds. The van der Waals surface area contributed by atoms with Gasteiger partial charge in [-0.05, 0) is 41.8 Å². The maximum Gasteiger partial charge on any atom is 0.336 e. The van der Waals surface area contributed by atoms with Crippen LogP contribution in [0.15, 0.2) is 45.6 Å². The average Bonchev–Trinajstić information content (AvgIpc) is 2.83. The predicted octanol–water partition coefficient (Wildman–Crippen LogP) is 3.98. The molecule has 0 unspecified atom stereocenters. The molecular formula is C25H27ClN2O5. The van der Waals surface area contributed by atoms with Crippen LogP contribution in [0.1, 0.15) is 28.4 Å². The van der Waals surface area contributed by atoms with Gasteiger partial charge >= 0.3 is 5.63 Å². The van der Waals surface area contributed by atoms with Crippen LogP contribution in [-0.2, 0) is 13.0 Å². The summed E-state index contributed by atoms with van der Waals surface area (Å²) in [5.41, 5.74) is 2.55. The summed E-state index contributed by atoms with van der Waals surface area (Å²) in [5.74, 6) is 1.10. The summed E-state index contributed by atoms with van der Waals surface area (Å²) in [6.45, 7) is 5.14. The third-order valence-electron chi connectivity index (χ3n) is 6.03. The Kier molecular flexibility index (Phi) is 6.91. The molecule has 0 bridgehead atoms. The Morgan fingerprint density at radius 3 is 2.24 bits per heavy atom. The van der Waals surface area contributed by atoms with Crippen LogP contribution in [0.4, 0.5) is 0 Å². The minimum absolute atomic E-state index is 0.0588. The highest BCUT2D eigenvalue weighted by atomic mass is 35.5. The van der Waals surface area contributed by atoms with Crippen molar-refractivity contribution in [2.24, 2.45) is 0 Å². The van der Waals surface area contributed by atoms with Crippen molar-refractivity contribution in [3.63, 3.8) is 0 Å². The Morgan fingerprint density at radius 2 is 1.64 bits per heavy atom. The van der Waals surface area contributed by atoms with E-state index in [1.807, 2.05) is 24.0 Å². The maximum atomic E-state index is 13.0. The molecule has 1 saturated heterocycles. The highest BCUT2D eigenvalue weighted by Gasteiger charge is 2.24. The van der Waals surface area contributed by atoms with Crippen molar-refractivity contribution in [1.82, 2.24) is 9.80 Å². The fraction of sp³-hybridized carbons (Fsp3) is 0.360. The van der Waals surface area contributed by atoms with Gasteiger partial charge in [0.2, 0.25) is 0 Å². The molecule has 1 aliphatic rings. The van der Waals surface area contributed by atoms with Crippen LogP contribution >= 0.6 is 11.6 Å². The summed E-state index contributed by atoms with van der Waals surface area (Å²) >= 11 is 6.42. The second-order valence-electron chi connectivity index (χ2n) is 8.05. The first-order valence-electron chi connectivity index (χ1n) is 10.9. The average molecular weight is 471 g/mol. The minimum Gasteiger partial charge on any atom is -0.497 e. The maximum absolute atomic E-state index is 13.0. The number of fused-ring (bicyclic) bond motifs is 1. The lowest BCUT2D eigenvalue weighted by molar-refractivity contribution is 0.0628. The zero-order chi connectivity index (χ0) is 23.5. The van der Waals surface area contributed by atoms with Crippen molar-refractivity contribution in [2.45, 2.75) is 19.9 Å². The number of piperazine rings is 1. The van der Waals surface area contributed by atoms with Crippen LogP contribution in [0, 0.1) is 0 Å². The first-order valence-corrected chi connectivity index (χ1v) is 11.3. The number of methoxy groups -OCH3 is 2. The SMILES string of the molecule is CCc1cc2oc(=O)cc(CN3CCN(C(=O)c4cc(OC)cc(OC)c4)CC3)c2cc1Cl. The van der Waals surface area contributed by atoms with Crippen molar-refractivity contribution in [2.75, 3.05) is 40.4 Å². The lowest BCUT2D eigenvalue weighted by atomic mass is 10.1. The highest BCUT2D eigenvalue weighted by Crippen LogP contribution is 2.27. The van der Waals surface area contributed by atoms with Crippen LogP contribution < -0.4 is 15.1 Å². The van der Waals surface area contributed by atoms with Gasteiger partial charge in [-0.25, -0.2) is 4.79 Å². The molecule has 0 N–H and O–H groups in total. The smallest absolute Gasteiger partial charge is 0.336 e. The number of hydrogen-bond acceptors (Lipinski definition) is 6. The number of aryl methyl sites for hydroxylation is 1. The summed E-state index contributed by atoms with van der Waals surface area (Å²) in [5, 5.41) is 1.52. The quantitative estimate of drug-likeness (QED) is 0.507. The lowest BCUT2D eigenvalue weighted by Crippen LogP contribution is -2.48. The first kappa shape index (κ1) is 23.1. The van der Waals surface area contributed by atoms with Gasteiger partial charge in [-0.2, -0.15) is 0 Å². The molecule has 0 aliphatic carbocycles. The molecule has 1 fully saturated rings. The molecule has 174 valence electrons. The third-order valence-corrected chi connectivity index (χ3v) is 6.38. The summed E-state index contributed by atoms with van der Waals surface area (Å²) in [7, 11) is 3.12. The second-order valence-corrected chi connectivity index (χ2v) is 8.46. The van der Waals surface area contributed by atoms with Crippen LogP contribution in [0.25, 0.3) is 11.0 Å². The van der Waals surface area contributed by atoms with Gasteiger partial charge in [0.15, 0.2) is 0 Å². The van der Waals surface area contributed by atoms with Crippen molar-refractivity contribution >= 4 is 28.5 Å². The van der Waals surface area contributed by atoms with Crippen molar-refractivity contribution < 1.29 is 18.7 Å². The number of rotatable bonds is 6. The number of carbonyl (C=O) groups excluding carboxylic acids is 1. The monoisotopic (exact) mass is 470 g/mol. The fourth-order valence-corrected chi connectivity index (χ4v) is 4.45. The molecule has 2 heterocycles. The second kappa shape index (κ2) is 9.85. The number of halogens is 1. The van der Waals surface area contributed by atoms with Gasteiger partial charge in [0.1, 0.15) is 17.1 Å². The number of hydrogen-bond donors (Lipinski definition) is 0. The van der Waals surface area contributed by atoms with E-state index in [1.54, 1.807) is 32.4 Å². The Morgan fingerprint density at radius 1 is 0.970 bits per heavy atom. The summed E-state index contributed by atoms with van der Waals surface area (Å²) < 4.78 is 16.0. The number of ether oxygens (including phenoxy) is 2. The van der Waals surface area contributed by atoms with Crippen LogP contribution in [-0.4, -0.2) is 56.1 Å². The van der Waals surface area contributed by atoms with E-state index in [4.69, 9.17) is 25.5 Å². The number of amides is 1. The fourth-order valence-electron chi connectivity index (χ4n) is 4.15. The Bertz CT molecular complexity index is 1210. The van der Waals surface area contributed by atoms with E-state index in [9.17, 15) is 9.59 Å². The summed E-state index contributed by atoms with van der Waals surface area (Å²) in [4.78, 5) is 29.2. The Hall–Kier alpha value is -3.03. The number of carbonyl (C=O) groups is 1. The molecule has 8 heteroatoms. The molecule has 0 saturated carbocycles. The molecule has 3 aromatic rings. The van der Waals surface area contributed by atoms with E-state index in [2.05, 4.69) is 4.90 Å². The van der Waals surface area contributed by atoms with Gasteiger partial charge in [0.05, 0.1) is 14.2 Å². The van der Waals surface area contributed by atoms with E-state index in [1.165, 1.54) is 6.07 Å². The predicted molar refractivity (Wildman–Crippen MR) is 128 cm³/mol. The molecule has 0 radical (unpaired) electrons. The Labute approximate surface area is 197 Å². The normalized spacial score (nSPS) is 14.5. The van der Waals surface area contributed by atoms with Gasteiger partial charge in [-0.15, -0.1) is 0 Å². The van der Waals surface area contributed by atoms with E-state index in [0.717, 1.165) is 22.9 Å². The van der Waals surface area contributed by atoms with Crippen molar-refractivity contribution in [1.29, 1.82) is 0 Å². The summed E-state index contributed by atoms with van der Waals surface area (Å²) in [6.07, 6.45) is 0.762.